The van der Waals surface area contributed by atoms with Crippen LogP contribution in [0.2, 0.25) is 0 Å². The molecule has 0 fully saturated rings. The lowest BCUT2D eigenvalue weighted by molar-refractivity contribution is 0.531. The quantitative estimate of drug-likeness (QED) is 0.0358. The highest BCUT2D eigenvalue weighted by molar-refractivity contribution is 5.88. The Kier molecular flexibility index (Phi) is 26.9. The minimum atomic E-state index is 0.958. The summed E-state index contributed by atoms with van der Waals surface area (Å²) in [5, 5.41) is 0. The summed E-state index contributed by atoms with van der Waals surface area (Å²) in [5.41, 5.74) is 14.2. The van der Waals surface area contributed by atoms with Gasteiger partial charge in [-0.25, -0.2) is 15.0 Å². The molecule has 3 heterocycles. The number of hydrogen-bond donors (Lipinski definition) is 0. The van der Waals surface area contributed by atoms with Crippen molar-refractivity contribution in [3.05, 3.63) is 89.5 Å². The van der Waals surface area contributed by atoms with Crippen LogP contribution in [0.3, 0.4) is 0 Å². The van der Waals surface area contributed by atoms with E-state index in [0.29, 0.717) is 0 Å². The molecule has 0 bridgehead atoms. The van der Waals surface area contributed by atoms with E-state index < -0.39 is 0 Å². The van der Waals surface area contributed by atoms with E-state index in [1.807, 2.05) is 0 Å². The van der Waals surface area contributed by atoms with Crippen LogP contribution in [0.15, 0.2) is 72.8 Å². The third-order valence-corrected chi connectivity index (χ3v) is 17.1. The third kappa shape index (κ3) is 19.0. The molecule has 0 radical (unpaired) electrons. The number of hydrogen-bond acceptors (Lipinski definition) is 3. The Morgan fingerprint density at radius 3 is 0.679 bits per heavy atom. The van der Waals surface area contributed by atoms with E-state index in [9.17, 15) is 0 Å². The molecule has 6 nitrogen and oxygen atoms in total. The third-order valence-electron chi connectivity index (χ3n) is 17.1. The molecule has 0 amide bonds. The number of aryl methyl sites for hydroxylation is 6. The van der Waals surface area contributed by atoms with Crippen LogP contribution in [0.25, 0.3) is 67.3 Å². The summed E-state index contributed by atoms with van der Waals surface area (Å²) in [6.45, 7) is 16.5. The number of nitrogens with zero attached hydrogens (tertiary/aromatic N) is 6. The van der Waals surface area contributed by atoms with Gasteiger partial charge in [0, 0.05) is 36.3 Å². The van der Waals surface area contributed by atoms with Crippen molar-refractivity contribution in [2.75, 3.05) is 0 Å². The highest BCUT2D eigenvalue weighted by Crippen LogP contribution is 2.37. The Labute approximate surface area is 475 Å². The molecule has 78 heavy (non-hydrogen) atoms. The van der Waals surface area contributed by atoms with Crippen LogP contribution in [0.5, 0.6) is 0 Å². The molecular formula is C72H108N6. The van der Waals surface area contributed by atoms with E-state index in [2.05, 4.69) is 128 Å². The maximum Gasteiger partial charge on any atom is 0.141 e. The SMILES string of the molecule is CCCCCCCCCCCCCCn1c(-c2cc(-c3nc4ccc(C)cc4n3CCCCCCCCCCCCCC)cc(-c3nc4ccc(C)cc4n3CCCCCCCCCCCCCC)c2)nc2ccc(C)cc21. The molecule has 0 aliphatic rings. The Morgan fingerprint density at radius 1 is 0.256 bits per heavy atom. The van der Waals surface area contributed by atoms with Gasteiger partial charge in [-0.15, -0.1) is 0 Å². The minimum absolute atomic E-state index is 0.958. The van der Waals surface area contributed by atoms with Gasteiger partial charge in [0.25, 0.3) is 0 Å². The van der Waals surface area contributed by atoms with Gasteiger partial charge in [-0.1, -0.05) is 251 Å². The number of unbranched alkanes of at least 4 members (excludes halogenated alkanes) is 33. The summed E-state index contributed by atoms with van der Waals surface area (Å²) >= 11 is 0. The van der Waals surface area contributed by atoms with Crippen molar-refractivity contribution in [2.45, 2.75) is 292 Å². The molecule has 0 saturated carbocycles. The summed E-state index contributed by atoms with van der Waals surface area (Å²) in [5.74, 6) is 3.17. The van der Waals surface area contributed by atoms with E-state index >= 15 is 0 Å². The molecule has 0 aliphatic heterocycles. The lowest BCUT2D eigenvalue weighted by atomic mass is 10.0. The van der Waals surface area contributed by atoms with Crippen molar-refractivity contribution in [1.29, 1.82) is 0 Å². The first-order valence-corrected chi connectivity index (χ1v) is 32.9. The molecule has 0 N–H and O–H groups in total. The number of benzene rings is 4. The lowest BCUT2D eigenvalue weighted by Gasteiger charge is -2.15. The second-order valence-corrected chi connectivity index (χ2v) is 24.2. The first-order chi connectivity index (χ1) is 38.4. The highest BCUT2D eigenvalue weighted by atomic mass is 15.1. The maximum atomic E-state index is 5.56. The van der Waals surface area contributed by atoms with Gasteiger partial charge in [0.1, 0.15) is 17.5 Å². The zero-order chi connectivity index (χ0) is 54.6. The average Bonchev–Trinajstić information content (AvgIpc) is 4.25. The van der Waals surface area contributed by atoms with Gasteiger partial charge in [-0.2, -0.15) is 0 Å². The fourth-order valence-electron chi connectivity index (χ4n) is 12.4. The van der Waals surface area contributed by atoms with E-state index in [-0.39, 0.29) is 0 Å². The molecule has 4 aromatic carbocycles. The van der Waals surface area contributed by atoms with Crippen molar-refractivity contribution >= 4 is 33.1 Å². The number of fused-ring (bicyclic) bond motifs is 3. The predicted molar refractivity (Wildman–Crippen MR) is 340 cm³/mol. The monoisotopic (exact) mass is 1060 g/mol. The van der Waals surface area contributed by atoms with E-state index in [4.69, 9.17) is 15.0 Å². The van der Waals surface area contributed by atoms with Gasteiger partial charge in [0.15, 0.2) is 0 Å². The first-order valence-electron chi connectivity index (χ1n) is 32.9. The molecule has 426 valence electrons. The highest BCUT2D eigenvalue weighted by Gasteiger charge is 2.22. The molecule has 3 aromatic heterocycles. The zero-order valence-corrected chi connectivity index (χ0v) is 50.7. The Morgan fingerprint density at radius 2 is 0.462 bits per heavy atom. The van der Waals surface area contributed by atoms with Crippen LogP contribution in [0, 0.1) is 20.8 Å². The van der Waals surface area contributed by atoms with Crippen LogP contribution in [-0.4, -0.2) is 28.7 Å². The molecule has 6 heteroatoms. The first kappa shape index (κ1) is 60.9. The van der Waals surface area contributed by atoms with Gasteiger partial charge in [-0.05, 0) is 111 Å². The number of rotatable bonds is 42. The summed E-state index contributed by atoms with van der Waals surface area (Å²) in [6.07, 6.45) is 48.5. The molecule has 0 atom stereocenters. The van der Waals surface area contributed by atoms with Crippen molar-refractivity contribution in [3.8, 4) is 34.2 Å². The predicted octanol–water partition coefficient (Wildman–Crippen LogP) is 22.8. The molecule has 7 rings (SSSR count). The smallest absolute Gasteiger partial charge is 0.141 e. The molecular weight excluding hydrogens is 949 g/mol. The van der Waals surface area contributed by atoms with Crippen LogP contribution in [0.4, 0.5) is 0 Å². The van der Waals surface area contributed by atoms with E-state index in [1.165, 1.54) is 245 Å². The molecule has 0 spiro atoms. The summed E-state index contributed by atoms with van der Waals surface area (Å²) in [7, 11) is 0. The van der Waals surface area contributed by atoms with Gasteiger partial charge in [0.05, 0.1) is 33.1 Å². The molecule has 7 aromatic rings. The topological polar surface area (TPSA) is 53.5 Å². The standard InChI is InChI=1S/C72H108N6/c1-7-10-13-16-19-22-25-28-31-34-37-40-49-76-67-52-58(4)43-46-64(67)73-70(76)61-55-62(71-74-65-47-44-59(5)53-68(65)77(71)50-41-38-35-32-29-26-23-20-17-14-11-8-2)57-63(56-61)72-75-66-48-45-60(6)54-69(66)78(72)51-42-39-36-33-30-27-24-21-18-15-12-9-3/h43-48,52-57H,7-42,49-51H2,1-6H3. The number of aromatic nitrogens is 6. The Hall–Kier alpha value is -4.71. The van der Waals surface area contributed by atoms with Crippen LogP contribution < -0.4 is 0 Å². The Bertz CT molecular complexity index is 2470. The molecule has 0 aliphatic carbocycles. The zero-order valence-electron chi connectivity index (χ0n) is 50.7. The van der Waals surface area contributed by atoms with Crippen LogP contribution in [0.1, 0.15) is 269 Å². The maximum absolute atomic E-state index is 5.56. The largest absolute Gasteiger partial charge is 0.324 e. The van der Waals surface area contributed by atoms with Crippen molar-refractivity contribution in [2.24, 2.45) is 0 Å². The van der Waals surface area contributed by atoms with Gasteiger partial charge in [0.2, 0.25) is 0 Å². The van der Waals surface area contributed by atoms with Crippen molar-refractivity contribution in [3.63, 3.8) is 0 Å². The number of imidazole rings is 3. The Balaban J connectivity index is 1.17. The van der Waals surface area contributed by atoms with Crippen LogP contribution >= 0.6 is 0 Å². The summed E-state index contributed by atoms with van der Waals surface area (Å²) in [4.78, 5) is 16.7. The van der Waals surface area contributed by atoms with Crippen LogP contribution in [-0.2, 0) is 19.6 Å². The second kappa shape index (κ2) is 34.4. The van der Waals surface area contributed by atoms with Crippen molar-refractivity contribution < 1.29 is 0 Å². The van der Waals surface area contributed by atoms with E-state index in [0.717, 1.165) is 89.6 Å². The summed E-state index contributed by atoms with van der Waals surface area (Å²) < 4.78 is 7.66. The molecule has 0 saturated heterocycles. The van der Waals surface area contributed by atoms with Crippen molar-refractivity contribution in [1.82, 2.24) is 28.7 Å². The van der Waals surface area contributed by atoms with Gasteiger partial charge >= 0.3 is 0 Å². The second-order valence-electron chi connectivity index (χ2n) is 24.2. The van der Waals surface area contributed by atoms with Gasteiger partial charge < -0.3 is 13.7 Å². The van der Waals surface area contributed by atoms with E-state index in [1.54, 1.807) is 0 Å². The summed E-state index contributed by atoms with van der Waals surface area (Å²) in [6, 6.07) is 27.8. The fourth-order valence-corrected chi connectivity index (χ4v) is 12.4. The molecule has 0 unspecified atom stereocenters. The average molecular weight is 1060 g/mol. The fraction of sp³-hybridized carbons (Fsp3) is 0.625. The minimum Gasteiger partial charge on any atom is -0.324 e. The lowest BCUT2D eigenvalue weighted by Crippen LogP contribution is -2.05. The van der Waals surface area contributed by atoms with Gasteiger partial charge in [-0.3, -0.25) is 0 Å². The normalized spacial score (nSPS) is 11.9.